The van der Waals surface area contributed by atoms with Gasteiger partial charge in [-0.3, -0.25) is 10.2 Å². The van der Waals surface area contributed by atoms with Gasteiger partial charge in [-0.05, 0) is 25.1 Å². The van der Waals surface area contributed by atoms with E-state index >= 15 is 0 Å². The van der Waals surface area contributed by atoms with Crippen LogP contribution < -0.4 is 15.6 Å². The molecule has 0 amide bonds. The molecule has 1 aromatic rings. The number of hydrazone groups is 1. The van der Waals surface area contributed by atoms with Gasteiger partial charge < -0.3 is 15.0 Å². The van der Waals surface area contributed by atoms with E-state index in [4.69, 9.17) is 12.2 Å². The first-order valence-corrected chi connectivity index (χ1v) is 10.1. The summed E-state index contributed by atoms with van der Waals surface area (Å²) in [5, 5.41) is 8.18. The zero-order valence-electron chi connectivity index (χ0n) is 16.1. The SMILES string of the molecule is COC(=O)CCCCCNC(=S)NN=C1CC[NH+](Cc2ccccc2)CC1. The number of unbranched alkanes of at least 4 members (excludes halogenated alkanes) is 2. The van der Waals surface area contributed by atoms with Crippen molar-refractivity contribution in [1.29, 1.82) is 0 Å². The maximum atomic E-state index is 11.0. The van der Waals surface area contributed by atoms with E-state index in [0.717, 1.165) is 58.3 Å². The summed E-state index contributed by atoms with van der Waals surface area (Å²) in [6.07, 6.45) is 5.28. The van der Waals surface area contributed by atoms with Crippen molar-refractivity contribution in [3.05, 3.63) is 35.9 Å². The lowest BCUT2D eigenvalue weighted by atomic mass is 10.1. The first-order chi connectivity index (χ1) is 13.2. The van der Waals surface area contributed by atoms with Crippen LogP contribution in [0.5, 0.6) is 0 Å². The van der Waals surface area contributed by atoms with Gasteiger partial charge in [0.05, 0.1) is 20.2 Å². The second-order valence-electron chi connectivity index (χ2n) is 6.84. The molecule has 6 nitrogen and oxygen atoms in total. The number of ether oxygens (including phenoxy) is 1. The molecule has 0 bridgehead atoms. The Kier molecular flexibility index (Phi) is 9.79. The molecule has 0 radical (unpaired) electrons. The highest BCUT2D eigenvalue weighted by molar-refractivity contribution is 7.80. The molecule has 1 aliphatic rings. The van der Waals surface area contributed by atoms with Gasteiger partial charge in [-0.25, -0.2) is 0 Å². The van der Waals surface area contributed by atoms with E-state index in [1.165, 1.54) is 18.4 Å². The first kappa shape index (κ1) is 21.3. The van der Waals surface area contributed by atoms with E-state index in [1.54, 1.807) is 4.90 Å². The van der Waals surface area contributed by atoms with Gasteiger partial charge in [-0.1, -0.05) is 36.8 Å². The minimum atomic E-state index is -0.146. The Morgan fingerprint density at radius 2 is 1.93 bits per heavy atom. The molecule has 2 rings (SSSR count). The summed E-state index contributed by atoms with van der Waals surface area (Å²) < 4.78 is 4.62. The third-order valence-electron chi connectivity index (χ3n) is 4.72. The van der Waals surface area contributed by atoms with Gasteiger partial charge in [-0.2, -0.15) is 5.10 Å². The van der Waals surface area contributed by atoms with Gasteiger partial charge in [0, 0.05) is 37.1 Å². The number of carbonyl (C=O) groups excluding carboxylic acids is 1. The Labute approximate surface area is 167 Å². The molecule has 0 aliphatic carbocycles. The summed E-state index contributed by atoms with van der Waals surface area (Å²) in [5.74, 6) is -0.146. The van der Waals surface area contributed by atoms with E-state index in [2.05, 4.69) is 50.9 Å². The predicted octanol–water partition coefficient (Wildman–Crippen LogP) is 1.42. The smallest absolute Gasteiger partial charge is 0.305 e. The van der Waals surface area contributed by atoms with Crippen LogP contribution in [0.15, 0.2) is 35.4 Å². The number of methoxy groups -OCH3 is 1. The van der Waals surface area contributed by atoms with E-state index in [1.807, 2.05) is 0 Å². The number of hydrogen-bond acceptors (Lipinski definition) is 4. The summed E-state index contributed by atoms with van der Waals surface area (Å²) >= 11 is 5.26. The fraction of sp³-hybridized carbons (Fsp3) is 0.550. The van der Waals surface area contributed by atoms with Crippen LogP contribution in [0.1, 0.15) is 44.1 Å². The molecule has 27 heavy (non-hydrogen) atoms. The minimum absolute atomic E-state index is 0.146. The number of thiocarbonyl (C=S) groups is 1. The molecule has 1 fully saturated rings. The molecule has 0 aromatic heterocycles. The van der Waals surface area contributed by atoms with Crippen LogP contribution in [0.25, 0.3) is 0 Å². The molecule has 1 saturated heterocycles. The second-order valence-corrected chi connectivity index (χ2v) is 7.25. The topological polar surface area (TPSA) is 67.2 Å². The summed E-state index contributed by atoms with van der Waals surface area (Å²) in [7, 11) is 1.42. The van der Waals surface area contributed by atoms with Crippen molar-refractivity contribution < 1.29 is 14.4 Å². The zero-order valence-corrected chi connectivity index (χ0v) is 16.9. The Hall–Kier alpha value is -1.99. The number of carbonyl (C=O) groups is 1. The van der Waals surface area contributed by atoms with Gasteiger partial charge in [0.2, 0.25) is 0 Å². The number of nitrogens with one attached hydrogen (secondary N) is 3. The van der Waals surface area contributed by atoms with Crippen LogP contribution in [-0.2, 0) is 16.1 Å². The summed E-state index contributed by atoms with van der Waals surface area (Å²) in [6.45, 7) is 4.08. The average molecular weight is 392 g/mol. The fourth-order valence-corrected chi connectivity index (χ4v) is 3.26. The van der Waals surface area contributed by atoms with Crippen molar-refractivity contribution in [3.8, 4) is 0 Å². The minimum Gasteiger partial charge on any atom is -0.469 e. The zero-order chi connectivity index (χ0) is 19.3. The molecule has 0 spiro atoms. The van der Waals surface area contributed by atoms with Gasteiger partial charge in [-0.15, -0.1) is 0 Å². The van der Waals surface area contributed by atoms with E-state index < -0.39 is 0 Å². The Bertz CT molecular complexity index is 612. The standard InChI is InChI=1S/C20H30N4O2S/c1-26-19(25)10-6-3-7-13-21-20(27)23-22-18-11-14-24(15-12-18)16-17-8-4-2-5-9-17/h2,4-5,8-9H,3,6-7,10-16H2,1H3,(H2,21,23,27)/p+1. The molecule has 1 aromatic carbocycles. The largest absolute Gasteiger partial charge is 0.469 e. The fourth-order valence-electron chi connectivity index (χ4n) is 3.11. The van der Waals surface area contributed by atoms with Gasteiger partial charge in [0.15, 0.2) is 5.11 Å². The average Bonchev–Trinajstić information content (AvgIpc) is 2.70. The van der Waals surface area contributed by atoms with E-state index in [-0.39, 0.29) is 5.97 Å². The van der Waals surface area contributed by atoms with Crippen molar-refractivity contribution in [2.24, 2.45) is 5.10 Å². The molecule has 0 unspecified atom stereocenters. The predicted molar refractivity (Wildman–Crippen MR) is 112 cm³/mol. The lowest BCUT2D eigenvalue weighted by Gasteiger charge is -2.24. The Morgan fingerprint density at radius 1 is 1.19 bits per heavy atom. The summed E-state index contributed by atoms with van der Waals surface area (Å²) in [6, 6.07) is 10.6. The molecule has 148 valence electrons. The lowest BCUT2D eigenvalue weighted by Crippen LogP contribution is -3.11. The summed E-state index contributed by atoms with van der Waals surface area (Å²) in [5.41, 5.74) is 5.54. The molecule has 1 aliphatic heterocycles. The monoisotopic (exact) mass is 391 g/mol. The highest BCUT2D eigenvalue weighted by atomic mass is 32.1. The maximum Gasteiger partial charge on any atom is 0.305 e. The number of rotatable bonds is 9. The highest BCUT2D eigenvalue weighted by Gasteiger charge is 2.18. The van der Waals surface area contributed by atoms with Crippen molar-refractivity contribution in [1.82, 2.24) is 10.7 Å². The number of piperidine rings is 1. The van der Waals surface area contributed by atoms with Crippen LogP contribution >= 0.6 is 12.2 Å². The molecule has 0 atom stereocenters. The van der Waals surface area contributed by atoms with Gasteiger partial charge in [0.1, 0.15) is 6.54 Å². The molecule has 0 saturated carbocycles. The number of esters is 1. The highest BCUT2D eigenvalue weighted by Crippen LogP contribution is 2.00. The van der Waals surface area contributed by atoms with Crippen LogP contribution in [-0.4, -0.2) is 43.5 Å². The van der Waals surface area contributed by atoms with E-state index in [9.17, 15) is 4.79 Å². The van der Waals surface area contributed by atoms with Crippen molar-refractivity contribution >= 4 is 29.0 Å². The molecule has 3 N–H and O–H groups in total. The van der Waals surface area contributed by atoms with Crippen LogP contribution in [0.3, 0.4) is 0 Å². The third kappa shape index (κ3) is 8.97. The van der Waals surface area contributed by atoms with Crippen molar-refractivity contribution in [2.75, 3.05) is 26.7 Å². The Morgan fingerprint density at radius 3 is 2.63 bits per heavy atom. The summed E-state index contributed by atoms with van der Waals surface area (Å²) in [4.78, 5) is 12.6. The van der Waals surface area contributed by atoms with Crippen molar-refractivity contribution in [2.45, 2.75) is 45.1 Å². The lowest BCUT2D eigenvalue weighted by molar-refractivity contribution is -0.914. The van der Waals surface area contributed by atoms with Gasteiger partial charge >= 0.3 is 5.97 Å². The molecular weight excluding hydrogens is 360 g/mol. The molecule has 1 heterocycles. The van der Waals surface area contributed by atoms with Crippen LogP contribution in [0.2, 0.25) is 0 Å². The quantitative estimate of drug-likeness (QED) is 0.257. The Balaban J connectivity index is 1.54. The molecular formula is C20H31N4O2S+. The van der Waals surface area contributed by atoms with Crippen LogP contribution in [0, 0.1) is 0 Å². The van der Waals surface area contributed by atoms with Gasteiger partial charge in [0.25, 0.3) is 0 Å². The number of benzene rings is 1. The third-order valence-corrected chi connectivity index (χ3v) is 4.95. The number of nitrogens with zero attached hydrogens (tertiary/aromatic N) is 1. The number of quaternary nitrogens is 1. The normalized spacial score (nSPS) is 16.5. The van der Waals surface area contributed by atoms with Crippen LogP contribution in [0.4, 0.5) is 0 Å². The first-order valence-electron chi connectivity index (χ1n) is 9.71. The molecule has 7 heteroatoms. The van der Waals surface area contributed by atoms with E-state index in [0.29, 0.717) is 11.5 Å². The number of hydrogen-bond donors (Lipinski definition) is 3. The number of likely N-dealkylation sites (tertiary alicyclic amines) is 1. The second kappa shape index (κ2) is 12.4. The maximum absolute atomic E-state index is 11.0. The van der Waals surface area contributed by atoms with Crippen molar-refractivity contribution in [3.63, 3.8) is 0 Å².